The van der Waals surface area contributed by atoms with Crippen LogP contribution in [0.4, 0.5) is 0 Å². The number of ether oxygens (including phenoxy) is 1. The van der Waals surface area contributed by atoms with E-state index in [0.717, 1.165) is 24.3 Å². The van der Waals surface area contributed by atoms with Crippen molar-refractivity contribution in [2.75, 3.05) is 30.1 Å². The van der Waals surface area contributed by atoms with Gasteiger partial charge in [0.2, 0.25) is 0 Å². The molecule has 4 nitrogen and oxygen atoms in total. The summed E-state index contributed by atoms with van der Waals surface area (Å²) >= 11 is 1.76. The Balaban J connectivity index is 2.38. The van der Waals surface area contributed by atoms with Gasteiger partial charge in [-0.1, -0.05) is 6.92 Å². The van der Waals surface area contributed by atoms with Crippen LogP contribution in [-0.2, 0) is 19.4 Å². The van der Waals surface area contributed by atoms with Crippen LogP contribution in [0.1, 0.15) is 32.6 Å². The molecule has 0 unspecified atom stereocenters. The molecule has 1 saturated carbocycles. The fourth-order valence-corrected chi connectivity index (χ4v) is 4.86. The molecule has 106 valence electrons. The zero-order valence-electron chi connectivity index (χ0n) is 11.1. The van der Waals surface area contributed by atoms with Gasteiger partial charge in [-0.25, -0.2) is 8.42 Å². The van der Waals surface area contributed by atoms with E-state index in [1.165, 1.54) is 7.11 Å². The van der Waals surface area contributed by atoms with Crippen molar-refractivity contribution in [3.8, 4) is 0 Å². The third kappa shape index (κ3) is 5.61. The monoisotopic (exact) mass is 294 g/mol. The highest BCUT2D eigenvalue weighted by Gasteiger charge is 2.47. The molecule has 6 heteroatoms. The summed E-state index contributed by atoms with van der Waals surface area (Å²) in [6, 6.07) is 0. The van der Waals surface area contributed by atoms with Gasteiger partial charge < -0.3 is 4.74 Å². The number of rotatable bonds is 9. The van der Waals surface area contributed by atoms with Crippen molar-refractivity contribution in [1.29, 1.82) is 0 Å². The van der Waals surface area contributed by atoms with Crippen molar-refractivity contribution >= 4 is 27.6 Å². The Morgan fingerprint density at radius 2 is 2.06 bits per heavy atom. The molecular weight excluding hydrogens is 272 g/mol. The number of sulfone groups is 1. The van der Waals surface area contributed by atoms with E-state index in [2.05, 4.69) is 11.7 Å². The average molecular weight is 294 g/mol. The molecule has 0 bridgehead atoms. The summed E-state index contributed by atoms with van der Waals surface area (Å²) in [4.78, 5) is 11.2. The number of hydrogen-bond acceptors (Lipinski definition) is 5. The first-order valence-corrected chi connectivity index (χ1v) is 9.26. The minimum absolute atomic E-state index is 0.145. The molecule has 1 aliphatic carbocycles. The Bertz CT molecular complexity index is 372. The van der Waals surface area contributed by atoms with Gasteiger partial charge in [0.05, 0.1) is 25.0 Å². The Hall–Kier alpha value is -0.230. The third-order valence-corrected chi connectivity index (χ3v) is 6.13. The van der Waals surface area contributed by atoms with Crippen molar-refractivity contribution in [2.24, 2.45) is 5.41 Å². The molecule has 0 N–H and O–H groups in total. The van der Waals surface area contributed by atoms with Crippen LogP contribution in [0, 0.1) is 5.41 Å². The van der Waals surface area contributed by atoms with Crippen molar-refractivity contribution in [2.45, 2.75) is 32.6 Å². The molecule has 1 aliphatic rings. The quantitative estimate of drug-likeness (QED) is 0.480. The average Bonchev–Trinajstić information content (AvgIpc) is 3.03. The fourth-order valence-electron chi connectivity index (χ4n) is 1.99. The molecule has 1 rings (SSSR count). The third-order valence-electron chi connectivity index (χ3n) is 3.18. The summed E-state index contributed by atoms with van der Waals surface area (Å²) in [5.74, 6) is 1.99. The fraction of sp³-hybridized carbons (Fsp3) is 0.917. The minimum atomic E-state index is -3.03. The van der Waals surface area contributed by atoms with Crippen LogP contribution in [0.2, 0.25) is 0 Å². The molecule has 0 saturated heterocycles. The predicted molar refractivity (Wildman–Crippen MR) is 74.6 cm³/mol. The number of thioether (sulfide) groups is 1. The number of carbonyl (C=O) groups is 1. The Kier molecular flexibility index (Phi) is 5.98. The second-order valence-electron chi connectivity index (χ2n) is 4.90. The number of esters is 1. The van der Waals surface area contributed by atoms with E-state index in [0.29, 0.717) is 6.42 Å². The second kappa shape index (κ2) is 6.80. The van der Waals surface area contributed by atoms with Gasteiger partial charge in [0.25, 0.3) is 0 Å². The molecule has 0 amide bonds. The first-order valence-electron chi connectivity index (χ1n) is 6.28. The van der Waals surface area contributed by atoms with E-state index in [-0.39, 0.29) is 29.3 Å². The van der Waals surface area contributed by atoms with Crippen molar-refractivity contribution in [3.05, 3.63) is 0 Å². The van der Waals surface area contributed by atoms with E-state index < -0.39 is 9.84 Å². The van der Waals surface area contributed by atoms with E-state index in [1.54, 1.807) is 11.8 Å². The molecule has 1 fully saturated rings. The summed E-state index contributed by atoms with van der Waals surface area (Å²) in [5.41, 5.74) is -0.316. The SMILES string of the molecule is CCSCCCS(=O)(=O)CC1(CC(=O)OC)CC1. The van der Waals surface area contributed by atoms with Gasteiger partial charge in [0.1, 0.15) is 0 Å². The van der Waals surface area contributed by atoms with Crippen molar-refractivity contribution in [3.63, 3.8) is 0 Å². The number of carbonyl (C=O) groups excluding carboxylic acids is 1. The molecule has 0 heterocycles. The van der Waals surface area contributed by atoms with Gasteiger partial charge in [-0.2, -0.15) is 11.8 Å². The van der Waals surface area contributed by atoms with Crippen LogP contribution in [0.15, 0.2) is 0 Å². The van der Waals surface area contributed by atoms with Crippen LogP contribution in [-0.4, -0.2) is 44.5 Å². The van der Waals surface area contributed by atoms with Crippen LogP contribution < -0.4 is 0 Å². The first kappa shape index (κ1) is 15.8. The summed E-state index contributed by atoms with van der Waals surface area (Å²) in [5, 5.41) is 0. The highest BCUT2D eigenvalue weighted by Crippen LogP contribution is 2.50. The second-order valence-corrected chi connectivity index (χ2v) is 8.47. The van der Waals surface area contributed by atoms with Crippen LogP contribution >= 0.6 is 11.8 Å². The minimum Gasteiger partial charge on any atom is -0.469 e. The standard InChI is InChI=1S/C12H22O4S2/c1-3-17-7-4-8-18(14,15)10-12(5-6-12)9-11(13)16-2/h3-10H2,1-2H3. The topological polar surface area (TPSA) is 60.4 Å². The maximum atomic E-state index is 12.0. The van der Waals surface area contributed by atoms with E-state index in [9.17, 15) is 13.2 Å². The van der Waals surface area contributed by atoms with Gasteiger partial charge in [0.15, 0.2) is 9.84 Å². The summed E-state index contributed by atoms with van der Waals surface area (Å²) in [6.45, 7) is 2.06. The zero-order valence-corrected chi connectivity index (χ0v) is 12.7. The molecule has 0 radical (unpaired) electrons. The molecule has 0 aromatic rings. The smallest absolute Gasteiger partial charge is 0.306 e. The normalized spacial score (nSPS) is 17.4. The first-order chi connectivity index (χ1) is 8.43. The van der Waals surface area contributed by atoms with Gasteiger partial charge in [0, 0.05) is 0 Å². The van der Waals surface area contributed by atoms with Crippen LogP contribution in [0.25, 0.3) is 0 Å². The lowest BCUT2D eigenvalue weighted by atomic mass is 10.1. The lowest BCUT2D eigenvalue weighted by Gasteiger charge is -2.13. The van der Waals surface area contributed by atoms with Gasteiger partial charge in [-0.05, 0) is 36.2 Å². The van der Waals surface area contributed by atoms with Crippen molar-refractivity contribution in [1.82, 2.24) is 0 Å². The maximum absolute atomic E-state index is 12.0. The molecule has 18 heavy (non-hydrogen) atoms. The van der Waals surface area contributed by atoms with Crippen molar-refractivity contribution < 1.29 is 17.9 Å². The number of hydrogen-bond donors (Lipinski definition) is 0. The molecule has 0 aromatic heterocycles. The lowest BCUT2D eigenvalue weighted by Crippen LogP contribution is -2.23. The molecule has 0 aromatic carbocycles. The maximum Gasteiger partial charge on any atom is 0.306 e. The van der Waals surface area contributed by atoms with Gasteiger partial charge in [-0.15, -0.1) is 0 Å². The largest absolute Gasteiger partial charge is 0.469 e. The Morgan fingerprint density at radius 3 is 2.56 bits per heavy atom. The summed E-state index contributed by atoms with van der Waals surface area (Å²) in [6.07, 6.45) is 2.59. The highest BCUT2D eigenvalue weighted by atomic mass is 32.2. The number of methoxy groups -OCH3 is 1. The highest BCUT2D eigenvalue weighted by molar-refractivity contribution is 7.99. The van der Waals surface area contributed by atoms with Gasteiger partial charge >= 0.3 is 5.97 Å². The molecule has 0 atom stereocenters. The lowest BCUT2D eigenvalue weighted by molar-refractivity contribution is -0.141. The summed E-state index contributed by atoms with van der Waals surface area (Å²) in [7, 11) is -1.69. The van der Waals surface area contributed by atoms with Crippen LogP contribution in [0.5, 0.6) is 0 Å². The summed E-state index contributed by atoms with van der Waals surface area (Å²) < 4.78 is 28.5. The Morgan fingerprint density at radius 1 is 1.39 bits per heavy atom. The zero-order chi connectivity index (χ0) is 13.6. The van der Waals surface area contributed by atoms with E-state index >= 15 is 0 Å². The molecule has 0 aliphatic heterocycles. The van der Waals surface area contributed by atoms with E-state index in [4.69, 9.17) is 0 Å². The van der Waals surface area contributed by atoms with E-state index in [1.807, 2.05) is 0 Å². The molecular formula is C12H22O4S2. The molecule has 0 spiro atoms. The predicted octanol–water partition coefficient (Wildman–Crippen LogP) is 1.89. The van der Waals surface area contributed by atoms with Gasteiger partial charge in [-0.3, -0.25) is 4.79 Å². The van der Waals surface area contributed by atoms with Crippen LogP contribution in [0.3, 0.4) is 0 Å². The Labute approximate surface area is 114 Å².